The third-order valence-electron chi connectivity index (χ3n) is 4.01. The highest BCUT2D eigenvalue weighted by Crippen LogP contribution is 2.09. The van der Waals surface area contributed by atoms with Gasteiger partial charge in [0, 0.05) is 11.3 Å². The molecule has 1 unspecified atom stereocenters. The predicted molar refractivity (Wildman–Crippen MR) is 83.8 cm³/mol. The fraction of sp³-hybridized carbons (Fsp3) is 0.500. The summed E-state index contributed by atoms with van der Waals surface area (Å²) in [6.45, 7) is 7.62. The third-order valence-corrected chi connectivity index (χ3v) is 4.01. The van der Waals surface area contributed by atoms with Crippen LogP contribution in [0.15, 0.2) is 24.3 Å². The van der Waals surface area contributed by atoms with E-state index in [9.17, 15) is 9.59 Å². The topological polar surface area (TPSA) is 85.9 Å². The standard InChI is InChI=1S/C16H23N3O3/c1-10-8-19(9-11(2)22-10)12(3)16(21)18-14-6-4-13(5-7-14)15(17)20/h4-7,10-12H,8-9H2,1-3H3,(H2,17,20)(H,18,21)/p+1/t10-,11+,12-/m0/s1. The molecule has 0 aromatic heterocycles. The number of carbonyl (C=O) groups is 2. The normalized spacial score (nSPS) is 26.2. The number of morpholine rings is 1. The zero-order valence-electron chi connectivity index (χ0n) is 13.3. The highest BCUT2D eigenvalue weighted by Gasteiger charge is 2.32. The minimum Gasteiger partial charge on any atom is -0.366 e. The molecular formula is C16H24N3O3+. The first-order chi connectivity index (χ1) is 10.4. The number of benzene rings is 1. The van der Waals surface area contributed by atoms with E-state index in [1.54, 1.807) is 24.3 Å². The Morgan fingerprint density at radius 3 is 2.27 bits per heavy atom. The Morgan fingerprint density at radius 2 is 1.77 bits per heavy atom. The van der Waals surface area contributed by atoms with Gasteiger partial charge in [0.1, 0.15) is 25.3 Å². The van der Waals surface area contributed by atoms with Gasteiger partial charge in [0.05, 0.1) is 0 Å². The second-order valence-electron chi connectivity index (χ2n) is 5.98. The van der Waals surface area contributed by atoms with E-state index in [1.165, 1.54) is 4.90 Å². The number of nitrogens with one attached hydrogen (secondary N) is 2. The van der Waals surface area contributed by atoms with Crippen molar-refractivity contribution in [2.24, 2.45) is 5.73 Å². The van der Waals surface area contributed by atoms with Crippen molar-refractivity contribution in [1.29, 1.82) is 0 Å². The first kappa shape index (κ1) is 16.5. The maximum Gasteiger partial charge on any atom is 0.282 e. The molecule has 1 saturated heterocycles. The van der Waals surface area contributed by atoms with Crippen LogP contribution in [0.5, 0.6) is 0 Å². The number of carbonyl (C=O) groups excluding carboxylic acids is 2. The van der Waals surface area contributed by atoms with Gasteiger partial charge >= 0.3 is 0 Å². The van der Waals surface area contributed by atoms with Crippen molar-refractivity contribution in [3.05, 3.63) is 29.8 Å². The number of hydrogen-bond acceptors (Lipinski definition) is 3. The molecule has 2 rings (SSSR count). The van der Waals surface area contributed by atoms with Crippen molar-refractivity contribution in [3.63, 3.8) is 0 Å². The largest absolute Gasteiger partial charge is 0.366 e. The monoisotopic (exact) mass is 306 g/mol. The van der Waals surface area contributed by atoms with Crippen LogP contribution in [0.4, 0.5) is 5.69 Å². The summed E-state index contributed by atoms with van der Waals surface area (Å²) < 4.78 is 5.70. The van der Waals surface area contributed by atoms with Crippen molar-refractivity contribution in [3.8, 4) is 0 Å². The molecule has 0 spiro atoms. The summed E-state index contributed by atoms with van der Waals surface area (Å²) in [6.07, 6.45) is 0.313. The van der Waals surface area contributed by atoms with E-state index in [0.29, 0.717) is 11.3 Å². The summed E-state index contributed by atoms with van der Waals surface area (Å²) in [6, 6.07) is 6.42. The minimum atomic E-state index is -0.480. The Hall–Kier alpha value is -1.92. The predicted octanol–water partition coefficient (Wildman–Crippen LogP) is -0.195. The van der Waals surface area contributed by atoms with Crippen molar-refractivity contribution < 1.29 is 19.2 Å². The molecule has 1 aromatic carbocycles. The third kappa shape index (κ3) is 4.05. The molecule has 1 aliphatic rings. The molecule has 6 nitrogen and oxygen atoms in total. The lowest BCUT2D eigenvalue weighted by molar-refractivity contribution is -0.928. The van der Waals surface area contributed by atoms with Crippen LogP contribution in [0, 0.1) is 0 Å². The van der Waals surface area contributed by atoms with Crippen molar-refractivity contribution in [2.45, 2.75) is 39.0 Å². The van der Waals surface area contributed by atoms with Gasteiger partial charge in [0.15, 0.2) is 6.04 Å². The van der Waals surface area contributed by atoms with E-state index in [4.69, 9.17) is 10.5 Å². The molecule has 120 valence electrons. The molecule has 4 atom stereocenters. The van der Waals surface area contributed by atoms with Gasteiger partial charge < -0.3 is 20.7 Å². The van der Waals surface area contributed by atoms with Crippen LogP contribution < -0.4 is 16.0 Å². The van der Waals surface area contributed by atoms with E-state index < -0.39 is 5.91 Å². The van der Waals surface area contributed by atoms with E-state index in [2.05, 4.69) is 5.32 Å². The number of hydrogen-bond donors (Lipinski definition) is 3. The fourth-order valence-corrected chi connectivity index (χ4v) is 2.82. The molecule has 0 bridgehead atoms. The van der Waals surface area contributed by atoms with Crippen molar-refractivity contribution in [2.75, 3.05) is 18.4 Å². The number of nitrogens with two attached hydrogens (primary N) is 1. The van der Waals surface area contributed by atoms with Crippen LogP contribution in [0.25, 0.3) is 0 Å². The molecule has 22 heavy (non-hydrogen) atoms. The lowest BCUT2D eigenvalue weighted by Crippen LogP contribution is -3.19. The van der Waals surface area contributed by atoms with Gasteiger partial charge in [-0.2, -0.15) is 0 Å². The zero-order chi connectivity index (χ0) is 16.3. The summed E-state index contributed by atoms with van der Waals surface area (Å²) >= 11 is 0. The van der Waals surface area contributed by atoms with Gasteiger partial charge in [-0.25, -0.2) is 0 Å². The Morgan fingerprint density at radius 1 is 1.23 bits per heavy atom. The maximum atomic E-state index is 12.4. The van der Waals surface area contributed by atoms with Gasteiger partial charge in [0.2, 0.25) is 5.91 Å². The Labute approximate surface area is 130 Å². The smallest absolute Gasteiger partial charge is 0.282 e. The van der Waals surface area contributed by atoms with E-state index in [-0.39, 0.29) is 24.2 Å². The molecule has 1 heterocycles. The number of quaternary nitrogens is 1. The molecule has 4 N–H and O–H groups in total. The van der Waals surface area contributed by atoms with E-state index >= 15 is 0 Å². The highest BCUT2D eigenvalue weighted by atomic mass is 16.5. The summed E-state index contributed by atoms with van der Waals surface area (Å²) in [5.74, 6) is -0.518. The molecular weight excluding hydrogens is 282 g/mol. The van der Waals surface area contributed by atoms with Gasteiger partial charge in [-0.15, -0.1) is 0 Å². The Balaban J connectivity index is 1.97. The van der Waals surface area contributed by atoms with Crippen LogP contribution >= 0.6 is 0 Å². The second kappa shape index (κ2) is 6.89. The molecule has 2 amide bonds. The van der Waals surface area contributed by atoms with Crippen LogP contribution in [-0.2, 0) is 9.53 Å². The lowest BCUT2D eigenvalue weighted by atomic mass is 10.1. The SMILES string of the molecule is C[C@@H]1C[NH+]([C@@H](C)C(=O)Nc2ccc(C(N)=O)cc2)C[C@H](C)O1. The maximum absolute atomic E-state index is 12.4. The fourth-order valence-electron chi connectivity index (χ4n) is 2.82. The van der Waals surface area contributed by atoms with Crippen LogP contribution in [0.2, 0.25) is 0 Å². The lowest BCUT2D eigenvalue weighted by Gasteiger charge is -2.35. The first-order valence-electron chi connectivity index (χ1n) is 7.57. The molecule has 0 radical (unpaired) electrons. The van der Waals surface area contributed by atoms with E-state index in [0.717, 1.165) is 13.1 Å². The molecule has 1 aliphatic heterocycles. The summed E-state index contributed by atoms with van der Waals surface area (Å²) in [5, 5.41) is 2.88. The van der Waals surface area contributed by atoms with Gasteiger partial charge in [-0.05, 0) is 45.0 Å². The second-order valence-corrected chi connectivity index (χ2v) is 5.98. The number of rotatable bonds is 4. The quantitative estimate of drug-likeness (QED) is 0.720. The molecule has 0 saturated carbocycles. The van der Waals surface area contributed by atoms with Gasteiger partial charge in [-0.1, -0.05) is 0 Å². The molecule has 1 fully saturated rings. The van der Waals surface area contributed by atoms with Crippen LogP contribution in [0.1, 0.15) is 31.1 Å². The highest BCUT2D eigenvalue weighted by molar-refractivity contribution is 5.95. The molecule has 0 aliphatic carbocycles. The van der Waals surface area contributed by atoms with Crippen molar-refractivity contribution >= 4 is 17.5 Å². The average Bonchev–Trinajstić information content (AvgIpc) is 2.46. The van der Waals surface area contributed by atoms with E-state index in [1.807, 2.05) is 20.8 Å². The number of primary amides is 1. The number of anilines is 1. The minimum absolute atomic E-state index is 0.0388. The summed E-state index contributed by atoms with van der Waals surface area (Å²) in [7, 11) is 0. The first-order valence-corrected chi connectivity index (χ1v) is 7.57. The average molecular weight is 306 g/mol. The number of amides is 2. The zero-order valence-corrected chi connectivity index (χ0v) is 13.3. The van der Waals surface area contributed by atoms with Crippen LogP contribution in [0.3, 0.4) is 0 Å². The van der Waals surface area contributed by atoms with Gasteiger partial charge in [0.25, 0.3) is 5.91 Å². The van der Waals surface area contributed by atoms with Gasteiger partial charge in [-0.3, -0.25) is 9.59 Å². The number of ether oxygens (including phenoxy) is 1. The molecule has 1 aromatic rings. The van der Waals surface area contributed by atoms with Crippen molar-refractivity contribution in [1.82, 2.24) is 0 Å². The summed E-state index contributed by atoms with van der Waals surface area (Å²) in [5.41, 5.74) is 6.28. The Bertz CT molecular complexity index is 534. The summed E-state index contributed by atoms with van der Waals surface area (Å²) in [4.78, 5) is 24.6. The molecule has 6 heteroatoms. The Kier molecular flexibility index (Phi) is 5.15. The van der Waals surface area contributed by atoms with Crippen LogP contribution in [-0.4, -0.2) is 43.2 Å².